The summed E-state index contributed by atoms with van der Waals surface area (Å²) in [6, 6.07) is 15.6. The summed E-state index contributed by atoms with van der Waals surface area (Å²) in [5.74, 6) is -0.351. The van der Waals surface area contributed by atoms with Crippen molar-refractivity contribution in [3.63, 3.8) is 0 Å². The molecule has 4 rings (SSSR count). The molecule has 6 heteroatoms. The molecule has 0 saturated carbocycles. The fourth-order valence-electron chi connectivity index (χ4n) is 4.02. The highest BCUT2D eigenvalue weighted by atomic mass is 19.4. The minimum Gasteiger partial charge on any atom is -0.350 e. The summed E-state index contributed by atoms with van der Waals surface area (Å²) in [5.41, 5.74) is 1.32. The third kappa shape index (κ3) is 3.69. The first-order valence-electron chi connectivity index (χ1n) is 9.23. The minimum absolute atomic E-state index is 0.141. The largest absolute Gasteiger partial charge is 0.416 e. The van der Waals surface area contributed by atoms with E-state index in [1.54, 1.807) is 12.1 Å². The number of alkyl halides is 3. The number of nitrogens with zero attached hydrogens (tertiary/aromatic N) is 2. The van der Waals surface area contributed by atoms with E-state index >= 15 is 0 Å². The molecular formula is C22H20F4N2. The maximum Gasteiger partial charge on any atom is 0.416 e. The first kappa shape index (κ1) is 18.7. The Bertz CT molecular complexity index is 961. The smallest absolute Gasteiger partial charge is 0.350 e. The molecule has 0 N–H and O–H groups in total. The van der Waals surface area contributed by atoms with Crippen molar-refractivity contribution in [1.82, 2.24) is 9.47 Å². The molecule has 0 aliphatic carbocycles. The average molecular weight is 388 g/mol. The quantitative estimate of drug-likeness (QED) is 0.527. The lowest BCUT2D eigenvalue weighted by atomic mass is 9.99. The molecule has 146 valence electrons. The molecule has 2 nitrogen and oxygen atoms in total. The molecule has 0 bridgehead atoms. The van der Waals surface area contributed by atoms with Crippen molar-refractivity contribution in [2.24, 2.45) is 0 Å². The predicted molar refractivity (Wildman–Crippen MR) is 99.1 cm³/mol. The van der Waals surface area contributed by atoms with E-state index in [0.717, 1.165) is 30.3 Å². The van der Waals surface area contributed by atoms with E-state index < -0.39 is 11.7 Å². The Labute approximate surface area is 161 Å². The fraction of sp³-hybridized carbons (Fsp3) is 0.273. The average Bonchev–Trinajstić information content (AvgIpc) is 3.03. The van der Waals surface area contributed by atoms with E-state index in [0.29, 0.717) is 6.54 Å². The van der Waals surface area contributed by atoms with Gasteiger partial charge in [-0.15, -0.1) is 0 Å². The van der Waals surface area contributed by atoms with Crippen LogP contribution in [0.15, 0.2) is 66.9 Å². The van der Waals surface area contributed by atoms with Crippen LogP contribution in [-0.4, -0.2) is 16.0 Å². The van der Waals surface area contributed by atoms with Crippen LogP contribution >= 0.6 is 0 Å². The zero-order valence-electron chi connectivity index (χ0n) is 15.2. The summed E-state index contributed by atoms with van der Waals surface area (Å²) in [4.78, 5) is 2.01. The van der Waals surface area contributed by atoms with Crippen LogP contribution < -0.4 is 0 Å². The number of aryl methyl sites for hydroxylation is 1. The van der Waals surface area contributed by atoms with Crippen LogP contribution in [0.4, 0.5) is 17.6 Å². The Kier molecular flexibility index (Phi) is 4.98. The molecule has 3 aromatic rings. The molecule has 2 heterocycles. The number of rotatable bonds is 3. The zero-order chi connectivity index (χ0) is 19.7. The lowest BCUT2D eigenvalue weighted by molar-refractivity contribution is -0.138. The molecule has 1 aliphatic heterocycles. The molecule has 2 aromatic carbocycles. The Morgan fingerprint density at radius 3 is 2.54 bits per heavy atom. The number of fused-ring (bicyclic) bond motifs is 1. The predicted octanol–water partition coefficient (Wildman–Crippen LogP) is 5.64. The molecule has 1 aliphatic rings. The summed E-state index contributed by atoms with van der Waals surface area (Å²) in [7, 11) is 0. The Balaban J connectivity index is 1.77. The van der Waals surface area contributed by atoms with E-state index in [4.69, 9.17) is 0 Å². The van der Waals surface area contributed by atoms with E-state index in [9.17, 15) is 17.6 Å². The molecular weight excluding hydrogens is 368 g/mol. The maximum atomic E-state index is 13.9. The van der Waals surface area contributed by atoms with Gasteiger partial charge in [-0.2, -0.15) is 13.2 Å². The van der Waals surface area contributed by atoms with Gasteiger partial charge in [0, 0.05) is 31.5 Å². The molecule has 0 fully saturated rings. The summed E-state index contributed by atoms with van der Waals surface area (Å²) >= 11 is 0. The molecule has 0 amide bonds. The van der Waals surface area contributed by atoms with Crippen LogP contribution in [0.1, 0.15) is 34.8 Å². The molecule has 1 atom stereocenters. The number of halogens is 4. The summed E-state index contributed by atoms with van der Waals surface area (Å²) in [5, 5.41) is 0. The Morgan fingerprint density at radius 2 is 1.75 bits per heavy atom. The topological polar surface area (TPSA) is 8.17 Å². The van der Waals surface area contributed by atoms with E-state index in [2.05, 4.69) is 4.57 Å². The van der Waals surface area contributed by atoms with Crippen LogP contribution in [-0.2, 0) is 19.3 Å². The third-order valence-corrected chi connectivity index (χ3v) is 5.21. The maximum absolute atomic E-state index is 13.9. The molecule has 0 saturated heterocycles. The molecule has 1 aromatic heterocycles. The van der Waals surface area contributed by atoms with Crippen LogP contribution in [0.25, 0.3) is 0 Å². The van der Waals surface area contributed by atoms with E-state index in [-0.39, 0.29) is 24.0 Å². The third-order valence-electron chi connectivity index (χ3n) is 5.21. The highest BCUT2D eigenvalue weighted by Gasteiger charge is 2.35. The minimum atomic E-state index is -4.41. The van der Waals surface area contributed by atoms with Crippen molar-refractivity contribution in [3.05, 3.63) is 95.1 Å². The second-order valence-electron chi connectivity index (χ2n) is 7.06. The van der Waals surface area contributed by atoms with Crippen molar-refractivity contribution in [1.29, 1.82) is 0 Å². The standard InChI is InChI=1S/C22H20F4N2/c23-18-8-3-7-16(14-18)21-20-10-4-11-27(20)12-5-13-28(21)15-17-6-1-2-9-19(17)22(24,25)26/h1-4,6-11,14,21H,5,12-13,15H2/t21-/m0/s1. The van der Waals surface area contributed by atoms with Crippen molar-refractivity contribution in [2.45, 2.75) is 31.7 Å². The van der Waals surface area contributed by atoms with Crippen LogP contribution in [0.5, 0.6) is 0 Å². The van der Waals surface area contributed by atoms with Gasteiger partial charge in [-0.25, -0.2) is 4.39 Å². The SMILES string of the molecule is Fc1cccc([C@H]2c3cccn3CCCN2Cc2ccccc2C(F)(F)F)c1. The lowest BCUT2D eigenvalue weighted by Crippen LogP contribution is -2.30. The molecule has 0 radical (unpaired) electrons. The lowest BCUT2D eigenvalue weighted by Gasteiger charge is -2.31. The highest BCUT2D eigenvalue weighted by molar-refractivity contribution is 5.33. The van der Waals surface area contributed by atoms with Crippen LogP contribution in [0.3, 0.4) is 0 Å². The van der Waals surface area contributed by atoms with Gasteiger partial charge in [0.15, 0.2) is 0 Å². The van der Waals surface area contributed by atoms with Crippen LogP contribution in [0, 0.1) is 5.82 Å². The van der Waals surface area contributed by atoms with Crippen LogP contribution in [0.2, 0.25) is 0 Å². The highest BCUT2D eigenvalue weighted by Crippen LogP contribution is 2.36. The van der Waals surface area contributed by atoms with Gasteiger partial charge in [-0.1, -0.05) is 30.3 Å². The Hall–Kier alpha value is -2.60. The van der Waals surface area contributed by atoms with Gasteiger partial charge in [0.25, 0.3) is 0 Å². The number of benzene rings is 2. The Morgan fingerprint density at radius 1 is 0.929 bits per heavy atom. The number of hydrogen-bond acceptors (Lipinski definition) is 1. The van der Waals surface area contributed by atoms with Gasteiger partial charge in [0.2, 0.25) is 0 Å². The van der Waals surface area contributed by atoms with Crippen molar-refractivity contribution in [2.75, 3.05) is 6.54 Å². The van der Waals surface area contributed by atoms with Gasteiger partial charge >= 0.3 is 6.18 Å². The number of hydrogen-bond donors (Lipinski definition) is 0. The summed E-state index contributed by atoms with van der Waals surface area (Å²) < 4.78 is 56.4. The molecule has 28 heavy (non-hydrogen) atoms. The van der Waals surface area contributed by atoms with Crippen molar-refractivity contribution in [3.8, 4) is 0 Å². The van der Waals surface area contributed by atoms with Gasteiger partial charge in [-0.3, -0.25) is 4.90 Å². The van der Waals surface area contributed by atoms with Gasteiger partial charge in [0.1, 0.15) is 5.82 Å². The van der Waals surface area contributed by atoms with Crippen molar-refractivity contribution >= 4 is 0 Å². The van der Waals surface area contributed by atoms with Gasteiger partial charge in [0.05, 0.1) is 11.6 Å². The summed E-state index contributed by atoms with van der Waals surface area (Å²) in [6.45, 7) is 1.54. The zero-order valence-corrected chi connectivity index (χ0v) is 15.2. The number of aromatic nitrogens is 1. The van der Waals surface area contributed by atoms with E-state index in [1.807, 2.05) is 29.3 Å². The first-order chi connectivity index (χ1) is 13.4. The molecule has 0 unspecified atom stereocenters. The monoisotopic (exact) mass is 388 g/mol. The second kappa shape index (κ2) is 7.43. The fourth-order valence-corrected chi connectivity index (χ4v) is 4.02. The van der Waals surface area contributed by atoms with Gasteiger partial charge < -0.3 is 4.57 Å². The normalized spacial score (nSPS) is 17.9. The van der Waals surface area contributed by atoms with Crippen molar-refractivity contribution < 1.29 is 17.6 Å². The summed E-state index contributed by atoms with van der Waals surface area (Å²) in [6.07, 6.45) is -1.63. The van der Waals surface area contributed by atoms with Gasteiger partial charge in [-0.05, 0) is 47.9 Å². The first-order valence-corrected chi connectivity index (χ1v) is 9.23. The second-order valence-corrected chi connectivity index (χ2v) is 7.06. The molecule has 0 spiro atoms. The van der Waals surface area contributed by atoms with E-state index in [1.165, 1.54) is 24.3 Å².